The van der Waals surface area contributed by atoms with Crippen LogP contribution in [0.2, 0.25) is 0 Å². The predicted molar refractivity (Wildman–Crippen MR) is 75.8 cm³/mol. The minimum absolute atomic E-state index is 0.0813. The largest absolute Gasteiger partial charge is 0.368 e. The summed E-state index contributed by atoms with van der Waals surface area (Å²) < 4.78 is 1.54. The van der Waals surface area contributed by atoms with Crippen LogP contribution >= 0.6 is 11.8 Å². The molecule has 0 saturated heterocycles. The lowest BCUT2D eigenvalue weighted by Gasteiger charge is -2.22. The minimum atomic E-state index is -0.0813. The normalized spacial score (nSPS) is 15.8. The number of thioether (sulfide) groups is 1. The molecule has 1 aromatic heterocycles. The van der Waals surface area contributed by atoms with Gasteiger partial charge in [-0.1, -0.05) is 31.0 Å². The van der Waals surface area contributed by atoms with Gasteiger partial charge in [-0.2, -0.15) is 5.26 Å². The fourth-order valence-electron chi connectivity index (χ4n) is 2.32. The quantitative estimate of drug-likeness (QED) is 0.782. The van der Waals surface area contributed by atoms with E-state index >= 15 is 0 Å². The third-order valence-electron chi connectivity index (χ3n) is 3.28. The van der Waals surface area contributed by atoms with Crippen molar-refractivity contribution < 1.29 is 4.79 Å². The zero-order chi connectivity index (χ0) is 14.4. The summed E-state index contributed by atoms with van der Waals surface area (Å²) in [6, 6.07) is 2.28. The third-order valence-corrected chi connectivity index (χ3v) is 4.12. The van der Waals surface area contributed by atoms with E-state index in [9.17, 15) is 4.79 Å². The van der Waals surface area contributed by atoms with E-state index in [2.05, 4.69) is 15.5 Å². The lowest BCUT2D eigenvalue weighted by atomic mass is 9.95. The zero-order valence-corrected chi connectivity index (χ0v) is 12.0. The number of nitriles is 1. The maximum atomic E-state index is 12.0. The van der Waals surface area contributed by atoms with Crippen LogP contribution in [-0.2, 0) is 11.3 Å². The number of hydrogen-bond donors (Lipinski definition) is 2. The van der Waals surface area contributed by atoms with Gasteiger partial charge in [-0.05, 0) is 12.8 Å². The zero-order valence-electron chi connectivity index (χ0n) is 11.2. The molecule has 7 nitrogen and oxygen atoms in total. The first-order valence-corrected chi connectivity index (χ1v) is 7.67. The molecule has 20 heavy (non-hydrogen) atoms. The topological polar surface area (TPSA) is 110 Å². The van der Waals surface area contributed by atoms with Crippen LogP contribution in [0, 0.1) is 11.3 Å². The van der Waals surface area contributed by atoms with Crippen molar-refractivity contribution in [1.29, 1.82) is 5.26 Å². The number of nitrogens with zero attached hydrogens (tertiary/aromatic N) is 4. The average molecular weight is 294 g/mol. The summed E-state index contributed by atoms with van der Waals surface area (Å²) in [5.41, 5.74) is 5.71. The second-order valence-electron chi connectivity index (χ2n) is 4.78. The lowest BCUT2D eigenvalue weighted by Crippen LogP contribution is -2.38. The number of nitrogen functional groups attached to an aromatic ring is 1. The molecule has 2 rings (SSSR count). The Bertz CT molecular complexity index is 503. The lowest BCUT2D eigenvalue weighted by molar-refractivity contribution is -0.122. The van der Waals surface area contributed by atoms with Crippen LogP contribution in [0.5, 0.6) is 0 Å². The van der Waals surface area contributed by atoms with Crippen LogP contribution in [-0.4, -0.2) is 32.5 Å². The molecule has 1 aliphatic rings. The Balaban J connectivity index is 1.93. The first kappa shape index (κ1) is 14.7. The molecule has 1 aliphatic carbocycles. The SMILES string of the molecule is N#CCSc1nnc(N)n1CC(=O)NC1CCCCC1. The average Bonchev–Trinajstić information content (AvgIpc) is 2.79. The molecule has 1 aromatic rings. The number of anilines is 1. The van der Waals surface area contributed by atoms with Gasteiger partial charge in [0, 0.05) is 6.04 Å². The van der Waals surface area contributed by atoms with E-state index in [1.165, 1.54) is 31.0 Å². The number of carbonyl (C=O) groups excluding carboxylic acids is 1. The maximum Gasteiger partial charge on any atom is 0.240 e. The second kappa shape index (κ2) is 7.14. The second-order valence-corrected chi connectivity index (χ2v) is 5.72. The molecular weight excluding hydrogens is 276 g/mol. The van der Waals surface area contributed by atoms with Crippen molar-refractivity contribution in [2.45, 2.75) is 49.8 Å². The highest BCUT2D eigenvalue weighted by atomic mass is 32.2. The number of hydrogen-bond acceptors (Lipinski definition) is 6. The van der Waals surface area contributed by atoms with Crippen LogP contribution in [0.15, 0.2) is 5.16 Å². The molecular formula is C12H18N6OS. The summed E-state index contributed by atoms with van der Waals surface area (Å²) >= 11 is 1.22. The standard InChI is InChI=1S/C12H18N6OS/c13-6-7-20-12-17-16-11(14)18(12)8-10(19)15-9-4-2-1-3-5-9/h9H,1-5,7-8H2,(H2,14,16)(H,15,19). The number of carbonyl (C=O) groups is 1. The Kier molecular flexibility index (Phi) is 5.24. The summed E-state index contributed by atoms with van der Waals surface area (Å²) in [5, 5.41) is 19.7. The fourth-order valence-corrected chi connectivity index (χ4v) is 2.92. The summed E-state index contributed by atoms with van der Waals surface area (Å²) in [5.74, 6) is 0.369. The van der Waals surface area contributed by atoms with Gasteiger partial charge < -0.3 is 11.1 Å². The van der Waals surface area contributed by atoms with E-state index < -0.39 is 0 Å². The van der Waals surface area contributed by atoms with Crippen molar-refractivity contribution >= 4 is 23.6 Å². The first-order valence-electron chi connectivity index (χ1n) is 6.68. The molecule has 3 N–H and O–H groups in total. The number of aromatic nitrogens is 3. The predicted octanol–water partition coefficient (Wildman–Crippen LogP) is 0.925. The van der Waals surface area contributed by atoms with E-state index in [1.54, 1.807) is 4.57 Å². The molecule has 1 heterocycles. The molecule has 0 unspecified atom stereocenters. The molecule has 0 aromatic carbocycles. The first-order chi connectivity index (χ1) is 9.70. The van der Waals surface area contributed by atoms with Gasteiger partial charge in [-0.15, -0.1) is 10.2 Å². The van der Waals surface area contributed by atoms with Crippen LogP contribution in [0.25, 0.3) is 0 Å². The molecule has 108 valence electrons. The third kappa shape index (κ3) is 3.87. The minimum Gasteiger partial charge on any atom is -0.368 e. The van der Waals surface area contributed by atoms with Crippen molar-refractivity contribution in [3.63, 3.8) is 0 Å². The Hall–Kier alpha value is -1.75. The van der Waals surface area contributed by atoms with Crippen molar-refractivity contribution in [3.8, 4) is 6.07 Å². The van der Waals surface area contributed by atoms with Gasteiger partial charge >= 0.3 is 0 Å². The summed E-state index contributed by atoms with van der Waals surface area (Å²) in [6.07, 6.45) is 5.67. The summed E-state index contributed by atoms with van der Waals surface area (Å²) in [6.45, 7) is 0.100. The molecule has 1 saturated carbocycles. The summed E-state index contributed by atoms with van der Waals surface area (Å²) in [4.78, 5) is 12.0. The monoisotopic (exact) mass is 294 g/mol. The van der Waals surface area contributed by atoms with Gasteiger partial charge in [0.15, 0.2) is 5.16 Å². The number of nitrogens with two attached hydrogens (primary N) is 1. The molecule has 1 amide bonds. The Labute approximate surface area is 121 Å². The van der Waals surface area contributed by atoms with Crippen molar-refractivity contribution in [2.24, 2.45) is 0 Å². The van der Waals surface area contributed by atoms with Gasteiger partial charge in [0.2, 0.25) is 11.9 Å². The Morgan fingerprint density at radius 1 is 1.45 bits per heavy atom. The van der Waals surface area contributed by atoms with Crippen LogP contribution in [0.4, 0.5) is 5.95 Å². The molecule has 0 atom stereocenters. The van der Waals surface area contributed by atoms with Crippen LogP contribution in [0.3, 0.4) is 0 Å². The van der Waals surface area contributed by atoms with Crippen LogP contribution in [0.1, 0.15) is 32.1 Å². The maximum absolute atomic E-state index is 12.0. The van der Waals surface area contributed by atoms with Gasteiger partial charge in [-0.25, -0.2) is 0 Å². The van der Waals surface area contributed by atoms with Crippen LogP contribution < -0.4 is 11.1 Å². The number of nitrogens with one attached hydrogen (secondary N) is 1. The molecule has 1 fully saturated rings. The fraction of sp³-hybridized carbons (Fsp3) is 0.667. The molecule has 0 radical (unpaired) electrons. The van der Waals surface area contributed by atoms with E-state index in [0.29, 0.717) is 5.16 Å². The number of rotatable bonds is 5. The Morgan fingerprint density at radius 3 is 2.90 bits per heavy atom. The van der Waals surface area contributed by atoms with E-state index in [-0.39, 0.29) is 30.2 Å². The molecule has 0 aliphatic heterocycles. The smallest absolute Gasteiger partial charge is 0.240 e. The highest BCUT2D eigenvalue weighted by molar-refractivity contribution is 7.99. The van der Waals surface area contributed by atoms with E-state index in [4.69, 9.17) is 11.0 Å². The van der Waals surface area contributed by atoms with Crippen molar-refractivity contribution in [2.75, 3.05) is 11.5 Å². The van der Waals surface area contributed by atoms with Gasteiger partial charge in [0.05, 0.1) is 11.8 Å². The van der Waals surface area contributed by atoms with Crippen molar-refractivity contribution in [3.05, 3.63) is 0 Å². The molecule has 0 spiro atoms. The molecule has 0 bridgehead atoms. The summed E-state index contributed by atoms with van der Waals surface area (Å²) in [7, 11) is 0. The van der Waals surface area contributed by atoms with Gasteiger partial charge in [0.1, 0.15) is 6.54 Å². The van der Waals surface area contributed by atoms with E-state index in [0.717, 1.165) is 12.8 Å². The molecule has 8 heteroatoms. The van der Waals surface area contributed by atoms with Gasteiger partial charge in [-0.3, -0.25) is 9.36 Å². The highest BCUT2D eigenvalue weighted by Gasteiger charge is 2.18. The highest BCUT2D eigenvalue weighted by Crippen LogP contribution is 2.19. The Morgan fingerprint density at radius 2 is 2.20 bits per heavy atom. The van der Waals surface area contributed by atoms with E-state index in [1.807, 2.05) is 6.07 Å². The number of amides is 1. The van der Waals surface area contributed by atoms with Gasteiger partial charge in [0.25, 0.3) is 0 Å². The van der Waals surface area contributed by atoms with Crippen molar-refractivity contribution in [1.82, 2.24) is 20.1 Å².